The predicted molar refractivity (Wildman–Crippen MR) is 150 cm³/mol. The van der Waals surface area contributed by atoms with E-state index in [0.717, 1.165) is 41.9 Å². The first-order valence-electron chi connectivity index (χ1n) is 13.3. The number of thioether (sulfide) groups is 1. The summed E-state index contributed by atoms with van der Waals surface area (Å²) in [7, 11) is 1.63. The number of amides is 2. The molecule has 2 aromatic carbocycles. The van der Waals surface area contributed by atoms with E-state index in [1.54, 1.807) is 12.1 Å². The molecule has 0 bridgehead atoms. The molecule has 0 unspecified atom stereocenters. The SMILES string of the molecule is CCc1ccc([C@@H]2CC(c3ccc(OC)cc3)=NN2C2=NC(=O)[C@H](CC(=O)N3CCCC[C@@H]3C(=O)O)S2)cc1. The first-order valence-corrected chi connectivity index (χ1v) is 14.2. The highest BCUT2D eigenvalue weighted by molar-refractivity contribution is 8.15. The van der Waals surface area contributed by atoms with Crippen LogP contribution in [0.25, 0.3) is 0 Å². The van der Waals surface area contributed by atoms with Crippen LogP contribution in [-0.4, -0.2) is 68.6 Å². The molecule has 204 valence electrons. The van der Waals surface area contributed by atoms with E-state index in [4.69, 9.17) is 9.84 Å². The molecule has 39 heavy (non-hydrogen) atoms. The standard InChI is InChI=1S/C29H32N4O5S/c1-3-18-7-9-20(10-8-18)24-16-22(19-11-13-21(38-2)14-12-19)31-33(24)29-30-27(35)25(39-29)17-26(34)32-15-5-4-6-23(32)28(36)37/h7-14,23-25H,3-6,15-17H2,1-2H3,(H,36,37)/t23-,24+,25+/m1/s1. The van der Waals surface area contributed by atoms with Gasteiger partial charge in [0, 0.05) is 19.4 Å². The zero-order chi connectivity index (χ0) is 27.5. The summed E-state index contributed by atoms with van der Waals surface area (Å²) in [4.78, 5) is 43.4. The normalized spacial score (nSPS) is 23.0. The number of carboxylic acids is 1. The van der Waals surface area contributed by atoms with Gasteiger partial charge in [-0.15, -0.1) is 0 Å². The van der Waals surface area contributed by atoms with Crippen LogP contribution in [0.3, 0.4) is 0 Å². The van der Waals surface area contributed by atoms with Crippen molar-refractivity contribution in [3.63, 3.8) is 0 Å². The maximum atomic E-state index is 13.1. The molecule has 2 amide bonds. The van der Waals surface area contributed by atoms with Crippen molar-refractivity contribution in [1.82, 2.24) is 9.91 Å². The predicted octanol–water partition coefficient (Wildman–Crippen LogP) is 4.26. The number of benzene rings is 2. The zero-order valence-electron chi connectivity index (χ0n) is 22.1. The minimum atomic E-state index is -1.00. The van der Waals surface area contributed by atoms with E-state index in [9.17, 15) is 19.5 Å². The Morgan fingerprint density at radius 1 is 1.10 bits per heavy atom. The summed E-state index contributed by atoms with van der Waals surface area (Å²) in [6, 6.07) is 15.1. The van der Waals surface area contributed by atoms with Crippen molar-refractivity contribution in [1.29, 1.82) is 0 Å². The van der Waals surface area contributed by atoms with E-state index < -0.39 is 17.3 Å². The van der Waals surface area contributed by atoms with Crippen LogP contribution in [0.2, 0.25) is 0 Å². The van der Waals surface area contributed by atoms with Gasteiger partial charge in [-0.2, -0.15) is 10.1 Å². The quantitative estimate of drug-likeness (QED) is 0.550. The number of rotatable bonds is 7. The van der Waals surface area contributed by atoms with Gasteiger partial charge >= 0.3 is 5.97 Å². The fourth-order valence-electron chi connectivity index (χ4n) is 5.25. The molecule has 3 aliphatic rings. The molecule has 3 heterocycles. The van der Waals surface area contributed by atoms with Gasteiger partial charge in [-0.05, 0) is 66.6 Å². The molecule has 0 saturated carbocycles. The van der Waals surface area contributed by atoms with Crippen molar-refractivity contribution >= 4 is 40.4 Å². The van der Waals surface area contributed by atoms with Crippen LogP contribution < -0.4 is 4.74 Å². The number of hydrogen-bond donors (Lipinski definition) is 1. The number of amidine groups is 1. The fraction of sp³-hybridized carbons (Fsp3) is 0.414. The van der Waals surface area contributed by atoms with E-state index in [0.29, 0.717) is 24.6 Å². The summed E-state index contributed by atoms with van der Waals surface area (Å²) in [5, 5.41) is 16.0. The summed E-state index contributed by atoms with van der Waals surface area (Å²) in [6.45, 7) is 2.51. The number of nitrogens with zero attached hydrogens (tertiary/aromatic N) is 4. The summed E-state index contributed by atoms with van der Waals surface area (Å²) in [5.74, 6) is -0.950. The Bertz CT molecular complexity index is 1310. The van der Waals surface area contributed by atoms with Crippen molar-refractivity contribution in [2.24, 2.45) is 10.1 Å². The highest BCUT2D eigenvalue weighted by Gasteiger charge is 2.41. The van der Waals surface area contributed by atoms with Gasteiger partial charge < -0.3 is 14.7 Å². The second-order valence-corrected chi connectivity index (χ2v) is 11.1. The number of aryl methyl sites for hydroxylation is 1. The second kappa shape index (κ2) is 11.6. The highest BCUT2D eigenvalue weighted by Crippen LogP contribution is 2.39. The molecule has 2 aromatic rings. The van der Waals surface area contributed by atoms with Crippen molar-refractivity contribution in [3.05, 3.63) is 65.2 Å². The average molecular weight is 549 g/mol. The Morgan fingerprint density at radius 2 is 1.85 bits per heavy atom. The van der Waals surface area contributed by atoms with Crippen molar-refractivity contribution < 1.29 is 24.2 Å². The van der Waals surface area contributed by atoms with Crippen LogP contribution in [0.4, 0.5) is 0 Å². The number of likely N-dealkylation sites (tertiary alicyclic amines) is 1. The molecule has 3 aliphatic heterocycles. The van der Waals surface area contributed by atoms with Crippen LogP contribution in [0.1, 0.15) is 61.8 Å². The Balaban J connectivity index is 1.37. The summed E-state index contributed by atoms with van der Waals surface area (Å²) in [6.07, 6.45) is 3.45. The third-order valence-electron chi connectivity index (χ3n) is 7.50. The third kappa shape index (κ3) is 5.71. The summed E-state index contributed by atoms with van der Waals surface area (Å²) in [5.41, 5.74) is 4.13. The molecule has 1 N–H and O–H groups in total. The smallest absolute Gasteiger partial charge is 0.326 e. The van der Waals surface area contributed by atoms with E-state index >= 15 is 0 Å². The maximum Gasteiger partial charge on any atom is 0.326 e. The highest BCUT2D eigenvalue weighted by atomic mass is 32.2. The van der Waals surface area contributed by atoms with Gasteiger partial charge in [0.05, 0.1) is 18.9 Å². The molecule has 0 aromatic heterocycles. The lowest BCUT2D eigenvalue weighted by atomic mass is 9.97. The average Bonchev–Trinajstić information content (AvgIpc) is 3.57. The molecule has 10 heteroatoms. The van der Waals surface area contributed by atoms with Gasteiger partial charge in [0.1, 0.15) is 17.0 Å². The number of carbonyl (C=O) groups is 3. The molecule has 1 fully saturated rings. The molecule has 1 saturated heterocycles. The minimum Gasteiger partial charge on any atom is -0.497 e. The number of hydrogen-bond acceptors (Lipinski definition) is 7. The van der Waals surface area contributed by atoms with Gasteiger partial charge in [0.2, 0.25) is 5.91 Å². The molecular weight excluding hydrogens is 516 g/mol. The van der Waals surface area contributed by atoms with Gasteiger partial charge in [0.15, 0.2) is 5.17 Å². The van der Waals surface area contributed by atoms with E-state index in [1.807, 2.05) is 24.3 Å². The molecule has 0 spiro atoms. The monoisotopic (exact) mass is 548 g/mol. The number of methoxy groups -OCH3 is 1. The summed E-state index contributed by atoms with van der Waals surface area (Å²) < 4.78 is 5.29. The van der Waals surface area contributed by atoms with E-state index in [1.165, 1.54) is 22.2 Å². The Kier molecular flexibility index (Phi) is 8.02. The molecule has 5 rings (SSSR count). The first kappa shape index (κ1) is 26.9. The second-order valence-electron chi connectivity index (χ2n) is 9.92. The lowest BCUT2D eigenvalue weighted by molar-refractivity contribution is -0.152. The van der Waals surface area contributed by atoms with Crippen molar-refractivity contribution in [2.45, 2.75) is 62.8 Å². The van der Waals surface area contributed by atoms with Gasteiger partial charge in [-0.3, -0.25) is 9.59 Å². The van der Waals surface area contributed by atoms with E-state index in [-0.39, 0.29) is 24.3 Å². The van der Waals surface area contributed by atoms with Crippen LogP contribution in [0.5, 0.6) is 5.75 Å². The van der Waals surface area contributed by atoms with Gasteiger partial charge in [0.25, 0.3) is 5.91 Å². The minimum absolute atomic E-state index is 0.0843. The number of carboxylic acid groups (broad SMARTS) is 1. The van der Waals surface area contributed by atoms with Crippen molar-refractivity contribution in [2.75, 3.05) is 13.7 Å². The van der Waals surface area contributed by atoms with Gasteiger partial charge in [-0.1, -0.05) is 43.0 Å². The largest absolute Gasteiger partial charge is 0.497 e. The molecule has 0 aliphatic carbocycles. The van der Waals surface area contributed by atoms with Crippen molar-refractivity contribution in [3.8, 4) is 5.75 Å². The lowest BCUT2D eigenvalue weighted by Crippen LogP contribution is -2.48. The number of ether oxygens (including phenoxy) is 1. The fourth-order valence-corrected chi connectivity index (χ4v) is 6.30. The topological polar surface area (TPSA) is 112 Å². The molecule has 0 radical (unpaired) electrons. The summed E-state index contributed by atoms with van der Waals surface area (Å²) >= 11 is 1.23. The van der Waals surface area contributed by atoms with Crippen LogP contribution in [-0.2, 0) is 20.8 Å². The number of aliphatic imine (C=N–C) groups is 1. The molecule has 3 atom stereocenters. The zero-order valence-corrected chi connectivity index (χ0v) is 22.9. The number of piperidine rings is 1. The van der Waals surface area contributed by atoms with Crippen LogP contribution in [0.15, 0.2) is 58.6 Å². The Labute approximate surface area is 231 Å². The van der Waals surface area contributed by atoms with Gasteiger partial charge in [-0.25, -0.2) is 9.80 Å². The molecule has 9 nitrogen and oxygen atoms in total. The maximum absolute atomic E-state index is 13.1. The number of carbonyl (C=O) groups excluding carboxylic acids is 2. The van der Waals surface area contributed by atoms with E-state index in [2.05, 4.69) is 36.2 Å². The van der Waals surface area contributed by atoms with Crippen LogP contribution >= 0.6 is 11.8 Å². The third-order valence-corrected chi connectivity index (χ3v) is 8.64. The number of aliphatic carboxylic acids is 1. The molecular formula is C29H32N4O5S. The number of hydrazone groups is 1. The first-order chi connectivity index (χ1) is 18.9. The Morgan fingerprint density at radius 3 is 2.51 bits per heavy atom. The Hall–Kier alpha value is -3.66. The van der Waals surface area contributed by atoms with Crippen LogP contribution in [0, 0.1) is 0 Å². The lowest BCUT2D eigenvalue weighted by Gasteiger charge is -2.33.